The van der Waals surface area contributed by atoms with Crippen molar-refractivity contribution in [3.8, 4) is 5.75 Å². The van der Waals surface area contributed by atoms with E-state index in [1.807, 2.05) is 0 Å². The molecule has 2 rings (SSSR count). The van der Waals surface area contributed by atoms with Crippen molar-refractivity contribution in [3.05, 3.63) is 41.0 Å². The van der Waals surface area contributed by atoms with Crippen LogP contribution in [0.25, 0.3) is 0 Å². The van der Waals surface area contributed by atoms with Crippen molar-refractivity contribution in [1.82, 2.24) is 0 Å². The fraction of sp³-hybridized carbons (Fsp3) is 0.429. The van der Waals surface area contributed by atoms with E-state index in [-0.39, 0.29) is 0 Å². The van der Waals surface area contributed by atoms with Crippen molar-refractivity contribution in [1.29, 1.82) is 0 Å². The van der Waals surface area contributed by atoms with Crippen LogP contribution in [0, 0.1) is 0 Å². The van der Waals surface area contributed by atoms with Gasteiger partial charge in [0, 0.05) is 0 Å². The third-order valence-electron chi connectivity index (χ3n) is 2.81. The third-order valence-corrected chi connectivity index (χ3v) is 2.81. The minimum Gasteiger partial charge on any atom is -0.490 e. The second-order valence-corrected chi connectivity index (χ2v) is 4.38. The Labute approximate surface area is 91.8 Å². The van der Waals surface area contributed by atoms with Crippen LogP contribution in [0.4, 0.5) is 0 Å². The highest BCUT2D eigenvalue weighted by Crippen LogP contribution is 2.25. The summed E-state index contributed by atoms with van der Waals surface area (Å²) >= 11 is 0. The molecule has 0 saturated carbocycles. The average molecular weight is 202 g/mol. The summed E-state index contributed by atoms with van der Waals surface area (Å²) in [6.45, 7) is 4.86. The van der Waals surface area contributed by atoms with Crippen LogP contribution in [-0.2, 0) is 12.8 Å². The van der Waals surface area contributed by atoms with Crippen LogP contribution in [0.5, 0.6) is 5.75 Å². The number of allylic oxidation sites excluding steroid dienone is 1. The number of hydrogen-bond acceptors (Lipinski definition) is 1. The van der Waals surface area contributed by atoms with E-state index in [4.69, 9.17) is 4.74 Å². The van der Waals surface area contributed by atoms with Gasteiger partial charge in [0.25, 0.3) is 0 Å². The summed E-state index contributed by atoms with van der Waals surface area (Å²) in [6, 6.07) is 6.49. The molecule has 0 radical (unpaired) electrons. The lowest BCUT2D eigenvalue weighted by Crippen LogP contribution is -1.95. The van der Waals surface area contributed by atoms with Gasteiger partial charge < -0.3 is 4.74 Å². The number of ether oxygens (including phenoxy) is 1. The first-order valence-electron chi connectivity index (χ1n) is 5.63. The molecule has 1 aromatic carbocycles. The van der Waals surface area contributed by atoms with E-state index < -0.39 is 0 Å². The minimum absolute atomic E-state index is 0.682. The topological polar surface area (TPSA) is 9.23 Å². The number of fused-ring (bicyclic) bond motifs is 1. The molecule has 0 atom stereocenters. The Balaban J connectivity index is 2.01. The molecule has 0 amide bonds. The zero-order chi connectivity index (χ0) is 10.7. The summed E-state index contributed by atoms with van der Waals surface area (Å²) < 4.78 is 5.67. The molecule has 0 heterocycles. The number of aryl methyl sites for hydroxylation is 2. The maximum Gasteiger partial charge on any atom is 0.120 e. The highest BCUT2D eigenvalue weighted by Gasteiger charge is 2.10. The zero-order valence-electron chi connectivity index (χ0n) is 9.55. The molecular formula is C14H18O. The Morgan fingerprint density at radius 3 is 2.87 bits per heavy atom. The molecule has 1 aliphatic carbocycles. The van der Waals surface area contributed by atoms with Crippen molar-refractivity contribution in [3.63, 3.8) is 0 Å². The molecule has 15 heavy (non-hydrogen) atoms. The molecule has 0 aromatic heterocycles. The maximum absolute atomic E-state index is 5.67. The van der Waals surface area contributed by atoms with Gasteiger partial charge in [-0.2, -0.15) is 0 Å². The minimum atomic E-state index is 0.682. The second kappa shape index (κ2) is 4.52. The highest BCUT2D eigenvalue weighted by molar-refractivity contribution is 5.38. The molecule has 0 spiro atoms. The van der Waals surface area contributed by atoms with Gasteiger partial charge in [-0.1, -0.05) is 11.6 Å². The first-order valence-corrected chi connectivity index (χ1v) is 5.63. The van der Waals surface area contributed by atoms with Gasteiger partial charge in [-0.3, -0.25) is 0 Å². The normalized spacial score (nSPS) is 13.5. The molecule has 1 heteroatoms. The fourth-order valence-corrected chi connectivity index (χ4v) is 1.94. The molecule has 1 aromatic rings. The summed E-state index contributed by atoms with van der Waals surface area (Å²) in [7, 11) is 0. The predicted octanol–water partition coefficient (Wildman–Crippen LogP) is 3.52. The Kier molecular flexibility index (Phi) is 3.10. The maximum atomic E-state index is 5.67. The van der Waals surface area contributed by atoms with E-state index in [1.54, 1.807) is 0 Å². The lowest BCUT2D eigenvalue weighted by molar-refractivity contribution is 0.361. The SMILES string of the molecule is CC(C)=CCOc1ccc2c(c1)CCC2. The molecule has 1 nitrogen and oxygen atoms in total. The van der Waals surface area contributed by atoms with Gasteiger partial charge in [-0.25, -0.2) is 0 Å². The standard InChI is InChI=1S/C14H18O/c1-11(2)8-9-15-14-7-6-12-4-3-5-13(12)10-14/h6-8,10H,3-5,9H2,1-2H3. The summed E-state index contributed by atoms with van der Waals surface area (Å²) in [4.78, 5) is 0. The van der Waals surface area contributed by atoms with Crippen molar-refractivity contribution < 1.29 is 4.74 Å². The van der Waals surface area contributed by atoms with Crippen LogP contribution >= 0.6 is 0 Å². The predicted molar refractivity (Wildman–Crippen MR) is 63.4 cm³/mol. The van der Waals surface area contributed by atoms with E-state index in [2.05, 4.69) is 38.1 Å². The number of benzene rings is 1. The molecule has 0 unspecified atom stereocenters. The van der Waals surface area contributed by atoms with Gasteiger partial charge in [-0.15, -0.1) is 0 Å². The summed E-state index contributed by atoms with van der Waals surface area (Å²) in [5, 5.41) is 0. The summed E-state index contributed by atoms with van der Waals surface area (Å²) in [5.41, 5.74) is 4.28. The van der Waals surface area contributed by atoms with Crippen molar-refractivity contribution in [2.75, 3.05) is 6.61 Å². The van der Waals surface area contributed by atoms with Crippen molar-refractivity contribution >= 4 is 0 Å². The molecule has 0 bridgehead atoms. The lowest BCUT2D eigenvalue weighted by Gasteiger charge is -2.06. The largest absolute Gasteiger partial charge is 0.490 e. The van der Waals surface area contributed by atoms with Gasteiger partial charge in [0.1, 0.15) is 12.4 Å². The van der Waals surface area contributed by atoms with Crippen LogP contribution in [0.2, 0.25) is 0 Å². The number of rotatable bonds is 3. The van der Waals surface area contributed by atoms with E-state index in [0.717, 1.165) is 5.75 Å². The van der Waals surface area contributed by atoms with E-state index in [1.165, 1.54) is 36.0 Å². The van der Waals surface area contributed by atoms with Crippen molar-refractivity contribution in [2.45, 2.75) is 33.1 Å². The monoisotopic (exact) mass is 202 g/mol. The van der Waals surface area contributed by atoms with Crippen molar-refractivity contribution in [2.24, 2.45) is 0 Å². The molecular weight excluding hydrogens is 184 g/mol. The second-order valence-electron chi connectivity index (χ2n) is 4.38. The summed E-state index contributed by atoms with van der Waals surface area (Å²) in [5.74, 6) is 1.01. The molecule has 1 aliphatic rings. The van der Waals surface area contributed by atoms with Gasteiger partial charge >= 0.3 is 0 Å². The van der Waals surface area contributed by atoms with Crippen LogP contribution in [0.1, 0.15) is 31.4 Å². The molecule has 0 aliphatic heterocycles. The molecule has 0 saturated heterocycles. The zero-order valence-corrected chi connectivity index (χ0v) is 9.55. The van der Waals surface area contributed by atoms with Gasteiger partial charge in [0.2, 0.25) is 0 Å². The Bertz CT molecular complexity index is 373. The van der Waals surface area contributed by atoms with E-state index in [9.17, 15) is 0 Å². The quantitative estimate of drug-likeness (QED) is 0.681. The third kappa shape index (κ3) is 2.62. The highest BCUT2D eigenvalue weighted by atomic mass is 16.5. The average Bonchev–Trinajstić information content (AvgIpc) is 2.64. The van der Waals surface area contributed by atoms with Gasteiger partial charge in [-0.05, 0) is 62.4 Å². The smallest absolute Gasteiger partial charge is 0.120 e. The van der Waals surface area contributed by atoms with Crippen LogP contribution in [0.3, 0.4) is 0 Å². The first-order chi connectivity index (χ1) is 7.25. The van der Waals surface area contributed by atoms with Gasteiger partial charge in [0.05, 0.1) is 0 Å². The first kappa shape index (κ1) is 10.3. The molecule has 0 N–H and O–H groups in total. The molecule has 80 valence electrons. The fourth-order valence-electron chi connectivity index (χ4n) is 1.94. The van der Waals surface area contributed by atoms with Crippen LogP contribution in [0.15, 0.2) is 29.8 Å². The van der Waals surface area contributed by atoms with Gasteiger partial charge in [0.15, 0.2) is 0 Å². The van der Waals surface area contributed by atoms with Crippen LogP contribution < -0.4 is 4.74 Å². The van der Waals surface area contributed by atoms with E-state index >= 15 is 0 Å². The summed E-state index contributed by atoms with van der Waals surface area (Å²) in [6.07, 6.45) is 5.86. The lowest BCUT2D eigenvalue weighted by atomic mass is 10.1. The molecule has 0 fully saturated rings. The number of hydrogen-bond donors (Lipinski definition) is 0. The Hall–Kier alpha value is -1.24. The van der Waals surface area contributed by atoms with Crippen LogP contribution in [-0.4, -0.2) is 6.61 Å². The van der Waals surface area contributed by atoms with E-state index in [0.29, 0.717) is 6.61 Å². The Morgan fingerprint density at radius 2 is 2.07 bits per heavy atom. The Morgan fingerprint density at radius 1 is 1.27 bits per heavy atom.